The summed E-state index contributed by atoms with van der Waals surface area (Å²) in [5.74, 6) is -0.155. The standard InChI is InChI=1S/C38H77N2O6P/c1-6-8-10-12-14-16-18-20-22-24-26-28-30-32-38(42)39-36(35-46-47(43,44)45-34-33-40(3,4)5)37(41)31-29-27-25-23-21-19-17-15-13-11-9-7-2/h21,23,36-37,41H,6-20,22,24-35H2,1-5H3,(H-,39,42,43,44)/p+1/b23-21+/t36-,37+/m0/s1. The van der Waals surface area contributed by atoms with Crippen LogP contribution in [-0.4, -0.2) is 73.4 Å². The second-order valence-electron chi connectivity index (χ2n) is 14.7. The van der Waals surface area contributed by atoms with Crippen LogP contribution in [0.25, 0.3) is 0 Å². The van der Waals surface area contributed by atoms with Crippen molar-refractivity contribution in [2.24, 2.45) is 0 Å². The molecule has 47 heavy (non-hydrogen) atoms. The third-order valence-corrected chi connectivity index (χ3v) is 9.75. The molecule has 9 heteroatoms. The van der Waals surface area contributed by atoms with E-state index in [-0.39, 0.29) is 19.1 Å². The molecule has 0 radical (unpaired) electrons. The monoisotopic (exact) mass is 690 g/mol. The summed E-state index contributed by atoms with van der Waals surface area (Å²) in [5, 5.41) is 13.8. The number of aliphatic hydroxyl groups excluding tert-OH is 1. The molecular weight excluding hydrogens is 611 g/mol. The van der Waals surface area contributed by atoms with Gasteiger partial charge in [0, 0.05) is 6.42 Å². The fourth-order valence-electron chi connectivity index (χ4n) is 5.57. The zero-order valence-electron chi connectivity index (χ0n) is 31.5. The summed E-state index contributed by atoms with van der Waals surface area (Å²) in [6.07, 6.45) is 32.3. The van der Waals surface area contributed by atoms with Crippen molar-refractivity contribution in [2.45, 2.75) is 187 Å². The molecule has 0 bridgehead atoms. The number of hydrogen-bond acceptors (Lipinski definition) is 5. The number of unbranched alkanes of at least 4 members (excludes halogenated alkanes) is 20. The maximum absolute atomic E-state index is 12.8. The van der Waals surface area contributed by atoms with Gasteiger partial charge in [-0.25, -0.2) is 4.57 Å². The molecule has 0 spiro atoms. The summed E-state index contributed by atoms with van der Waals surface area (Å²) < 4.78 is 23.5. The minimum absolute atomic E-state index is 0.0717. The van der Waals surface area contributed by atoms with E-state index in [0.29, 0.717) is 23.9 Å². The Kier molecular flexibility index (Phi) is 30.7. The molecule has 0 saturated heterocycles. The fourth-order valence-corrected chi connectivity index (χ4v) is 6.30. The van der Waals surface area contributed by atoms with Gasteiger partial charge in [0.25, 0.3) is 0 Å². The van der Waals surface area contributed by atoms with Crippen LogP contribution in [0.2, 0.25) is 0 Å². The lowest BCUT2D eigenvalue weighted by Gasteiger charge is -2.26. The molecule has 3 atom stereocenters. The van der Waals surface area contributed by atoms with Gasteiger partial charge in [-0.1, -0.05) is 142 Å². The van der Waals surface area contributed by atoms with Crippen molar-refractivity contribution in [3.05, 3.63) is 12.2 Å². The van der Waals surface area contributed by atoms with E-state index in [1.165, 1.54) is 103 Å². The summed E-state index contributed by atoms with van der Waals surface area (Å²) in [6.45, 7) is 4.84. The highest BCUT2D eigenvalue weighted by Gasteiger charge is 2.28. The number of carbonyl (C=O) groups is 1. The van der Waals surface area contributed by atoms with Crippen molar-refractivity contribution < 1.29 is 32.9 Å². The Hall–Kier alpha value is -0.760. The predicted octanol–water partition coefficient (Wildman–Crippen LogP) is 10.0. The molecule has 0 saturated carbocycles. The van der Waals surface area contributed by atoms with Crippen molar-refractivity contribution >= 4 is 13.7 Å². The predicted molar refractivity (Wildman–Crippen MR) is 198 cm³/mol. The number of nitrogens with one attached hydrogen (secondary N) is 1. The van der Waals surface area contributed by atoms with E-state index in [1.807, 2.05) is 21.1 Å². The second-order valence-corrected chi connectivity index (χ2v) is 16.1. The number of rotatable bonds is 35. The maximum Gasteiger partial charge on any atom is 0.472 e. The van der Waals surface area contributed by atoms with Crippen LogP contribution < -0.4 is 5.32 Å². The van der Waals surface area contributed by atoms with Crippen LogP contribution in [0.15, 0.2) is 12.2 Å². The number of carbonyl (C=O) groups excluding carboxylic acids is 1. The van der Waals surface area contributed by atoms with E-state index in [0.717, 1.165) is 44.9 Å². The van der Waals surface area contributed by atoms with Crippen molar-refractivity contribution in [3.63, 3.8) is 0 Å². The first-order chi connectivity index (χ1) is 22.5. The van der Waals surface area contributed by atoms with Gasteiger partial charge in [0.05, 0.1) is 39.9 Å². The third-order valence-electron chi connectivity index (χ3n) is 8.76. The van der Waals surface area contributed by atoms with Crippen LogP contribution in [0.1, 0.15) is 174 Å². The number of amides is 1. The van der Waals surface area contributed by atoms with Crippen LogP contribution in [0.4, 0.5) is 0 Å². The van der Waals surface area contributed by atoms with Crippen molar-refractivity contribution in [1.82, 2.24) is 5.32 Å². The minimum Gasteiger partial charge on any atom is -0.391 e. The number of phosphoric acid groups is 1. The molecular formula is C38H78N2O6P+. The fraction of sp³-hybridized carbons (Fsp3) is 0.921. The summed E-state index contributed by atoms with van der Waals surface area (Å²) in [4.78, 5) is 23.0. The molecule has 0 aromatic carbocycles. The van der Waals surface area contributed by atoms with Gasteiger partial charge in [-0.15, -0.1) is 0 Å². The number of quaternary nitrogens is 1. The third kappa shape index (κ3) is 33.5. The van der Waals surface area contributed by atoms with Gasteiger partial charge >= 0.3 is 7.82 Å². The lowest BCUT2D eigenvalue weighted by atomic mass is 10.0. The van der Waals surface area contributed by atoms with Gasteiger partial charge in [0.1, 0.15) is 13.2 Å². The quantitative estimate of drug-likeness (QED) is 0.0265. The Bertz CT molecular complexity index is 789. The normalized spacial score (nSPS) is 14.8. The molecule has 1 amide bonds. The highest BCUT2D eigenvalue weighted by Crippen LogP contribution is 2.43. The maximum atomic E-state index is 12.8. The van der Waals surface area contributed by atoms with Crippen LogP contribution in [0.5, 0.6) is 0 Å². The molecule has 0 aromatic heterocycles. The Labute approximate surface area is 291 Å². The SMILES string of the molecule is CCCCCCCC/C=C/CCCC[C@@H](O)[C@H](COP(=O)(O)OCC[N+](C)(C)C)NC(=O)CCCCCCCCCCCCCCC. The van der Waals surface area contributed by atoms with Crippen molar-refractivity contribution in [2.75, 3.05) is 40.9 Å². The topological polar surface area (TPSA) is 105 Å². The molecule has 0 aliphatic rings. The van der Waals surface area contributed by atoms with E-state index in [2.05, 4.69) is 31.3 Å². The summed E-state index contributed by atoms with van der Waals surface area (Å²) in [5.41, 5.74) is 0. The highest BCUT2D eigenvalue weighted by atomic mass is 31.2. The smallest absolute Gasteiger partial charge is 0.391 e. The van der Waals surface area contributed by atoms with Gasteiger partial charge in [-0.05, 0) is 38.5 Å². The number of allylic oxidation sites excluding steroid dienone is 2. The first kappa shape index (κ1) is 46.2. The van der Waals surface area contributed by atoms with Gasteiger partial charge in [-0.2, -0.15) is 0 Å². The number of nitrogens with zero attached hydrogens (tertiary/aromatic N) is 1. The summed E-state index contributed by atoms with van der Waals surface area (Å²) in [7, 11) is 1.60. The Morgan fingerprint density at radius 2 is 1.15 bits per heavy atom. The van der Waals surface area contributed by atoms with E-state index in [1.54, 1.807) is 0 Å². The molecule has 0 aliphatic carbocycles. The van der Waals surface area contributed by atoms with Crippen LogP contribution in [-0.2, 0) is 18.4 Å². The number of hydrogen-bond donors (Lipinski definition) is 3. The van der Waals surface area contributed by atoms with Gasteiger partial charge < -0.3 is 19.8 Å². The average molecular weight is 690 g/mol. The molecule has 0 aromatic rings. The molecule has 3 N–H and O–H groups in total. The Morgan fingerprint density at radius 1 is 0.702 bits per heavy atom. The van der Waals surface area contributed by atoms with Crippen molar-refractivity contribution in [3.8, 4) is 0 Å². The van der Waals surface area contributed by atoms with E-state index >= 15 is 0 Å². The largest absolute Gasteiger partial charge is 0.472 e. The first-order valence-electron chi connectivity index (χ1n) is 19.6. The second kappa shape index (κ2) is 31.2. The molecule has 8 nitrogen and oxygen atoms in total. The zero-order chi connectivity index (χ0) is 35.1. The van der Waals surface area contributed by atoms with Crippen LogP contribution in [0, 0.1) is 0 Å². The lowest BCUT2D eigenvalue weighted by Crippen LogP contribution is -2.46. The molecule has 1 unspecified atom stereocenters. The highest BCUT2D eigenvalue weighted by molar-refractivity contribution is 7.47. The van der Waals surface area contributed by atoms with E-state index in [9.17, 15) is 19.4 Å². The lowest BCUT2D eigenvalue weighted by molar-refractivity contribution is -0.870. The molecule has 0 aliphatic heterocycles. The molecule has 0 heterocycles. The van der Waals surface area contributed by atoms with E-state index < -0.39 is 20.0 Å². The van der Waals surface area contributed by atoms with Crippen LogP contribution >= 0.6 is 7.82 Å². The Morgan fingerprint density at radius 3 is 1.64 bits per heavy atom. The first-order valence-corrected chi connectivity index (χ1v) is 21.0. The summed E-state index contributed by atoms with van der Waals surface area (Å²) >= 11 is 0. The van der Waals surface area contributed by atoms with E-state index in [4.69, 9.17) is 9.05 Å². The van der Waals surface area contributed by atoms with Gasteiger partial charge in [0.2, 0.25) is 5.91 Å². The molecule has 0 rings (SSSR count). The average Bonchev–Trinajstić information content (AvgIpc) is 3.01. The number of phosphoric ester groups is 1. The number of likely N-dealkylation sites (N-methyl/N-ethyl adjacent to an activating group) is 1. The van der Waals surface area contributed by atoms with Crippen LogP contribution in [0.3, 0.4) is 0 Å². The van der Waals surface area contributed by atoms with Crippen molar-refractivity contribution in [1.29, 1.82) is 0 Å². The molecule has 0 fully saturated rings. The molecule has 280 valence electrons. The Balaban J connectivity index is 4.49. The zero-order valence-corrected chi connectivity index (χ0v) is 32.4. The minimum atomic E-state index is -4.31. The van der Waals surface area contributed by atoms with Gasteiger partial charge in [0.15, 0.2) is 0 Å². The van der Waals surface area contributed by atoms with Gasteiger partial charge in [-0.3, -0.25) is 13.8 Å². The number of aliphatic hydroxyl groups is 1. The summed E-state index contributed by atoms with van der Waals surface area (Å²) in [6, 6.07) is -0.768.